The number of rotatable bonds is 9. The topological polar surface area (TPSA) is 108 Å². The SMILES string of the molecule is COC(=O)OC/C=C\CC(C/C=C\CO)(C(=O)OC)C(=O)OC. The van der Waals surface area contributed by atoms with Crippen molar-refractivity contribution in [2.75, 3.05) is 34.5 Å². The van der Waals surface area contributed by atoms with Crippen LogP contribution in [0, 0.1) is 5.41 Å². The van der Waals surface area contributed by atoms with Gasteiger partial charge in [-0.2, -0.15) is 0 Å². The maximum Gasteiger partial charge on any atom is 0.508 e. The minimum absolute atomic E-state index is 0.00486. The van der Waals surface area contributed by atoms with Crippen LogP contribution in [0.3, 0.4) is 0 Å². The summed E-state index contributed by atoms with van der Waals surface area (Å²) in [5.74, 6) is -1.52. The van der Waals surface area contributed by atoms with Crippen molar-refractivity contribution in [1.29, 1.82) is 0 Å². The smallest absolute Gasteiger partial charge is 0.468 e. The van der Waals surface area contributed by atoms with Crippen molar-refractivity contribution in [1.82, 2.24) is 0 Å². The highest BCUT2D eigenvalue weighted by molar-refractivity contribution is 6.00. The maximum absolute atomic E-state index is 12.1. The first-order valence-corrected chi connectivity index (χ1v) is 6.77. The third-order valence-electron chi connectivity index (χ3n) is 2.99. The highest BCUT2D eigenvalue weighted by Crippen LogP contribution is 2.31. The normalized spacial score (nSPS) is 11.5. The van der Waals surface area contributed by atoms with Gasteiger partial charge < -0.3 is 24.1 Å². The molecule has 0 aliphatic rings. The van der Waals surface area contributed by atoms with Gasteiger partial charge in [0.05, 0.1) is 27.9 Å². The predicted octanol–water partition coefficient (Wildman–Crippen LogP) is 0.987. The lowest BCUT2D eigenvalue weighted by Crippen LogP contribution is -2.40. The molecule has 8 heteroatoms. The second-order valence-electron chi connectivity index (χ2n) is 4.36. The van der Waals surface area contributed by atoms with Crippen LogP contribution in [0.2, 0.25) is 0 Å². The van der Waals surface area contributed by atoms with Gasteiger partial charge in [0.2, 0.25) is 0 Å². The lowest BCUT2D eigenvalue weighted by atomic mass is 9.80. The lowest BCUT2D eigenvalue weighted by molar-refractivity contribution is -0.168. The molecule has 1 N–H and O–H groups in total. The summed E-state index contributed by atoms with van der Waals surface area (Å²) in [5, 5.41) is 8.78. The van der Waals surface area contributed by atoms with E-state index in [2.05, 4.69) is 9.47 Å². The van der Waals surface area contributed by atoms with Gasteiger partial charge in [-0.1, -0.05) is 24.3 Å². The Morgan fingerprint density at radius 3 is 1.83 bits per heavy atom. The Kier molecular flexibility index (Phi) is 10.1. The first kappa shape index (κ1) is 20.6. The van der Waals surface area contributed by atoms with Crippen LogP contribution in [-0.4, -0.2) is 57.7 Å². The van der Waals surface area contributed by atoms with Crippen LogP contribution in [-0.2, 0) is 28.5 Å². The molecule has 0 aromatic heterocycles. The summed E-state index contributed by atoms with van der Waals surface area (Å²) < 4.78 is 18.4. The summed E-state index contributed by atoms with van der Waals surface area (Å²) in [6.45, 7) is -0.293. The third kappa shape index (κ3) is 6.52. The fourth-order valence-electron chi connectivity index (χ4n) is 1.78. The fraction of sp³-hybridized carbons (Fsp3) is 0.533. The van der Waals surface area contributed by atoms with Crippen molar-refractivity contribution in [3.63, 3.8) is 0 Å². The van der Waals surface area contributed by atoms with Gasteiger partial charge in [-0.15, -0.1) is 0 Å². The number of carbonyl (C=O) groups excluding carboxylic acids is 3. The number of carbonyl (C=O) groups is 3. The van der Waals surface area contributed by atoms with E-state index in [1.165, 1.54) is 45.6 Å². The largest absolute Gasteiger partial charge is 0.508 e. The molecule has 0 saturated carbocycles. The third-order valence-corrected chi connectivity index (χ3v) is 2.99. The van der Waals surface area contributed by atoms with Crippen LogP contribution < -0.4 is 0 Å². The van der Waals surface area contributed by atoms with E-state index >= 15 is 0 Å². The molecule has 0 aliphatic heterocycles. The van der Waals surface area contributed by atoms with E-state index in [1.54, 1.807) is 0 Å². The Balaban J connectivity index is 5.11. The number of aliphatic hydroxyl groups is 1. The molecule has 130 valence electrons. The monoisotopic (exact) mass is 330 g/mol. The van der Waals surface area contributed by atoms with Gasteiger partial charge >= 0.3 is 18.1 Å². The Bertz CT molecular complexity index is 436. The fourth-order valence-corrected chi connectivity index (χ4v) is 1.78. The van der Waals surface area contributed by atoms with Crippen LogP contribution in [0.5, 0.6) is 0 Å². The number of hydrogen-bond donors (Lipinski definition) is 1. The number of allylic oxidation sites excluding steroid dienone is 2. The molecular weight excluding hydrogens is 308 g/mol. The molecule has 0 unspecified atom stereocenters. The van der Waals surface area contributed by atoms with Gasteiger partial charge in [-0.3, -0.25) is 9.59 Å². The van der Waals surface area contributed by atoms with Crippen molar-refractivity contribution < 1.29 is 38.4 Å². The molecule has 0 bridgehead atoms. The van der Waals surface area contributed by atoms with E-state index in [0.29, 0.717) is 0 Å². The van der Waals surface area contributed by atoms with Gasteiger partial charge in [-0.05, 0) is 12.8 Å². The molecule has 0 spiro atoms. The number of aliphatic hydroxyl groups excluding tert-OH is 1. The summed E-state index contributed by atoms with van der Waals surface area (Å²) in [4.78, 5) is 35.0. The molecule has 0 rings (SSSR count). The number of methoxy groups -OCH3 is 3. The van der Waals surface area contributed by atoms with Crippen molar-refractivity contribution in [3.05, 3.63) is 24.3 Å². The summed E-state index contributed by atoms with van der Waals surface area (Å²) in [7, 11) is 3.51. The van der Waals surface area contributed by atoms with Crippen molar-refractivity contribution in [3.8, 4) is 0 Å². The van der Waals surface area contributed by atoms with E-state index < -0.39 is 23.5 Å². The predicted molar refractivity (Wildman–Crippen MR) is 79.4 cm³/mol. The molecule has 23 heavy (non-hydrogen) atoms. The molecule has 0 aromatic carbocycles. The first-order chi connectivity index (χ1) is 11.0. The van der Waals surface area contributed by atoms with Gasteiger partial charge in [0.1, 0.15) is 6.61 Å². The highest BCUT2D eigenvalue weighted by atomic mass is 16.7. The van der Waals surface area contributed by atoms with E-state index in [-0.39, 0.29) is 26.1 Å². The number of ether oxygens (including phenoxy) is 4. The average molecular weight is 330 g/mol. The average Bonchev–Trinajstić information content (AvgIpc) is 2.58. The molecule has 0 atom stereocenters. The minimum atomic E-state index is -1.57. The highest BCUT2D eigenvalue weighted by Gasteiger charge is 2.46. The van der Waals surface area contributed by atoms with Crippen LogP contribution in [0.25, 0.3) is 0 Å². The number of hydrogen-bond acceptors (Lipinski definition) is 8. The Labute approximate surface area is 134 Å². The Morgan fingerprint density at radius 2 is 1.39 bits per heavy atom. The van der Waals surface area contributed by atoms with Crippen LogP contribution in [0.4, 0.5) is 4.79 Å². The Morgan fingerprint density at radius 1 is 0.870 bits per heavy atom. The van der Waals surface area contributed by atoms with Crippen molar-refractivity contribution in [2.24, 2.45) is 5.41 Å². The molecule has 0 aliphatic carbocycles. The van der Waals surface area contributed by atoms with Crippen molar-refractivity contribution in [2.45, 2.75) is 12.8 Å². The van der Waals surface area contributed by atoms with Gasteiger partial charge in [0.15, 0.2) is 5.41 Å². The second kappa shape index (κ2) is 11.2. The van der Waals surface area contributed by atoms with E-state index in [4.69, 9.17) is 14.6 Å². The van der Waals surface area contributed by atoms with E-state index in [0.717, 1.165) is 0 Å². The quantitative estimate of drug-likeness (QED) is 0.288. The summed E-state index contributed by atoms with van der Waals surface area (Å²) >= 11 is 0. The summed E-state index contributed by atoms with van der Waals surface area (Å²) in [6, 6.07) is 0. The second-order valence-corrected chi connectivity index (χ2v) is 4.36. The van der Waals surface area contributed by atoms with Gasteiger partial charge in [0, 0.05) is 0 Å². The molecule has 0 fully saturated rings. The molecule has 0 aromatic rings. The maximum atomic E-state index is 12.1. The van der Waals surface area contributed by atoms with E-state index in [9.17, 15) is 14.4 Å². The molecule has 0 amide bonds. The van der Waals surface area contributed by atoms with E-state index in [1.807, 2.05) is 0 Å². The van der Waals surface area contributed by atoms with Crippen LogP contribution in [0.1, 0.15) is 12.8 Å². The molecule has 0 saturated heterocycles. The standard InChI is InChI=1S/C15H22O8/c1-20-12(17)15(13(18)21-2,8-4-6-10-16)9-5-7-11-23-14(19)22-3/h4-7,16H,8-11H2,1-3H3/b6-4-,7-5-. The van der Waals surface area contributed by atoms with Crippen LogP contribution in [0.15, 0.2) is 24.3 Å². The molecule has 0 heterocycles. The lowest BCUT2D eigenvalue weighted by Gasteiger charge is -2.25. The van der Waals surface area contributed by atoms with Crippen molar-refractivity contribution >= 4 is 18.1 Å². The molecular formula is C15H22O8. The number of esters is 2. The zero-order valence-corrected chi connectivity index (χ0v) is 13.4. The molecule has 0 radical (unpaired) electrons. The summed E-state index contributed by atoms with van der Waals surface area (Å²) in [6.07, 6.45) is 5.00. The van der Waals surface area contributed by atoms with Gasteiger partial charge in [-0.25, -0.2) is 4.79 Å². The first-order valence-electron chi connectivity index (χ1n) is 6.77. The van der Waals surface area contributed by atoms with Gasteiger partial charge in [0.25, 0.3) is 0 Å². The minimum Gasteiger partial charge on any atom is -0.468 e. The Hall–Kier alpha value is -2.35. The van der Waals surface area contributed by atoms with Crippen LogP contribution >= 0.6 is 0 Å². The summed E-state index contributed by atoms with van der Waals surface area (Å²) in [5.41, 5.74) is -1.57. The zero-order valence-electron chi connectivity index (χ0n) is 13.4. The zero-order chi connectivity index (χ0) is 17.7. The molecule has 8 nitrogen and oxygen atoms in total.